The van der Waals surface area contributed by atoms with Gasteiger partial charge >= 0.3 is 0 Å². The molecular formula is C19H16ClN3O2S. The van der Waals surface area contributed by atoms with E-state index in [1.54, 1.807) is 48.5 Å². The Balaban J connectivity index is 2.06. The van der Waals surface area contributed by atoms with E-state index in [1.807, 2.05) is 6.07 Å². The van der Waals surface area contributed by atoms with Gasteiger partial charge in [-0.25, -0.2) is 4.98 Å². The summed E-state index contributed by atoms with van der Waals surface area (Å²) in [4.78, 5) is 29.5. The number of nitrogens with zero attached hydrogens (tertiary/aromatic N) is 2. The lowest BCUT2D eigenvalue weighted by Crippen LogP contribution is -2.26. The second-order valence-electron chi connectivity index (χ2n) is 5.41. The van der Waals surface area contributed by atoms with Gasteiger partial charge in [0.1, 0.15) is 0 Å². The van der Waals surface area contributed by atoms with Crippen LogP contribution in [0.1, 0.15) is 0 Å². The first-order valence-corrected chi connectivity index (χ1v) is 9.24. The number of halogens is 1. The summed E-state index contributed by atoms with van der Waals surface area (Å²) in [5.41, 5.74) is 1.05. The first-order chi connectivity index (χ1) is 12.6. The molecule has 0 saturated heterocycles. The molecule has 0 aliphatic heterocycles. The van der Waals surface area contributed by atoms with Crippen LogP contribution in [0.2, 0.25) is 5.02 Å². The fourth-order valence-corrected chi connectivity index (χ4v) is 3.36. The Labute approximate surface area is 159 Å². The van der Waals surface area contributed by atoms with Crippen molar-refractivity contribution in [1.82, 2.24) is 14.9 Å². The summed E-state index contributed by atoms with van der Waals surface area (Å²) in [6.07, 6.45) is 1.61. The third-order valence-electron chi connectivity index (χ3n) is 3.61. The second-order valence-corrected chi connectivity index (χ2v) is 6.79. The largest absolute Gasteiger partial charge is 0.352 e. The molecule has 0 atom stereocenters. The number of hydrogen-bond donors (Lipinski definition) is 1. The summed E-state index contributed by atoms with van der Waals surface area (Å²) in [5.74, 6) is -0.00776. The van der Waals surface area contributed by atoms with Gasteiger partial charge in [0.15, 0.2) is 5.16 Å². The Morgan fingerprint density at radius 3 is 2.69 bits per heavy atom. The van der Waals surface area contributed by atoms with Crippen LogP contribution in [0.5, 0.6) is 0 Å². The molecule has 3 rings (SSSR count). The molecule has 3 aromatic rings. The van der Waals surface area contributed by atoms with Gasteiger partial charge in [-0.15, -0.1) is 6.58 Å². The number of benzene rings is 2. The van der Waals surface area contributed by atoms with Crippen LogP contribution in [0, 0.1) is 0 Å². The number of thioether (sulfide) groups is 1. The van der Waals surface area contributed by atoms with E-state index in [0.29, 0.717) is 33.3 Å². The van der Waals surface area contributed by atoms with Crippen LogP contribution in [0.3, 0.4) is 0 Å². The van der Waals surface area contributed by atoms with Gasteiger partial charge in [0.05, 0.1) is 22.3 Å². The van der Waals surface area contributed by atoms with E-state index in [2.05, 4.69) is 16.9 Å². The van der Waals surface area contributed by atoms with Crippen LogP contribution in [0.25, 0.3) is 16.6 Å². The lowest BCUT2D eigenvalue weighted by molar-refractivity contribution is -0.118. The molecule has 0 aliphatic carbocycles. The zero-order valence-electron chi connectivity index (χ0n) is 13.8. The van der Waals surface area contributed by atoms with E-state index < -0.39 is 0 Å². The number of carbonyl (C=O) groups excluding carboxylic acids is 1. The van der Waals surface area contributed by atoms with Crippen molar-refractivity contribution in [1.29, 1.82) is 0 Å². The van der Waals surface area contributed by atoms with Gasteiger partial charge in [0, 0.05) is 11.6 Å². The average Bonchev–Trinajstić information content (AvgIpc) is 2.66. The quantitative estimate of drug-likeness (QED) is 0.401. The molecule has 2 aromatic carbocycles. The first-order valence-electron chi connectivity index (χ1n) is 7.88. The summed E-state index contributed by atoms with van der Waals surface area (Å²) < 4.78 is 1.50. The number of rotatable bonds is 6. The Hall–Kier alpha value is -2.57. The smallest absolute Gasteiger partial charge is 0.266 e. The Morgan fingerprint density at radius 2 is 1.96 bits per heavy atom. The fraction of sp³-hybridized carbons (Fsp3) is 0.105. The summed E-state index contributed by atoms with van der Waals surface area (Å²) in [6.45, 7) is 3.96. The summed E-state index contributed by atoms with van der Waals surface area (Å²) >= 11 is 7.16. The summed E-state index contributed by atoms with van der Waals surface area (Å²) in [6, 6.07) is 14.1. The third kappa shape index (κ3) is 3.98. The summed E-state index contributed by atoms with van der Waals surface area (Å²) in [7, 11) is 0. The van der Waals surface area contributed by atoms with Crippen LogP contribution in [0.4, 0.5) is 0 Å². The molecule has 0 bridgehead atoms. The van der Waals surface area contributed by atoms with Gasteiger partial charge in [-0.05, 0) is 36.4 Å². The highest BCUT2D eigenvalue weighted by molar-refractivity contribution is 7.99. The number of nitrogens with one attached hydrogen (secondary N) is 1. The minimum absolute atomic E-state index is 0.145. The average molecular weight is 386 g/mol. The van der Waals surface area contributed by atoms with Crippen molar-refractivity contribution < 1.29 is 4.79 Å². The molecule has 1 amide bonds. The molecule has 0 unspecified atom stereocenters. The molecule has 1 heterocycles. The maximum absolute atomic E-state index is 13.0. The third-order valence-corrected chi connectivity index (χ3v) is 4.80. The van der Waals surface area contributed by atoms with Gasteiger partial charge < -0.3 is 5.32 Å². The van der Waals surface area contributed by atoms with Crippen molar-refractivity contribution in [3.05, 3.63) is 76.6 Å². The van der Waals surface area contributed by atoms with E-state index in [0.717, 1.165) is 0 Å². The Bertz CT molecular complexity index is 1020. The molecule has 0 spiro atoms. The normalized spacial score (nSPS) is 10.7. The van der Waals surface area contributed by atoms with Gasteiger partial charge in [0.25, 0.3) is 5.56 Å². The number of carbonyl (C=O) groups is 1. The number of amides is 1. The maximum Gasteiger partial charge on any atom is 0.266 e. The SMILES string of the molecule is C=CCNC(=O)CSc1nc2ccccc2c(=O)n1-c1ccc(Cl)cc1. The fourth-order valence-electron chi connectivity index (χ4n) is 2.39. The molecule has 0 aliphatic rings. The zero-order valence-corrected chi connectivity index (χ0v) is 15.4. The van der Waals surface area contributed by atoms with Crippen LogP contribution in [-0.4, -0.2) is 27.8 Å². The van der Waals surface area contributed by atoms with Crippen molar-refractivity contribution in [2.45, 2.75) is 5.16 Å². The molecule has 132 valence electrons. The second kappa shape index (κ2) is 8.21. The molecule has 7 heteroatoms. The van der Waals surface area contributed by atoms with Crippen LogP contribution >= 0.6 is 23.4 Å². The first kappa shape index (κ1) is 18.2. The van der Waals surface area contributed by atoms with Gasteiger partial charge in [-0.1, -0.05) is 41.6 Å². The van der Waals surface area contributed by atoms with Crippen molar-refractivity contribution in [2.75, 3.05) is 12.3 Å². The molecule has 0 fully saturated rings. The minimum atomic E-state index is -0.188. The van der Waals surface area contributed by atoms with Crippen molar-refractivity contribution in [2.24, 2.45) is 0 Å². The van der Waals surface area contributed by atoms with Crippen LogP contribution < -0.4 is 10.9 Å². The molecule has 0 radical (unpaired) electrons. The van der Waals surface area contributed by atoms with Crippen molar-refractivity contribution >= 4 is 40.2 Å². The monoisotopic (exact) mass is 385 g/mol. The Kier molecular flexibility index (Phi) is 5.75. The molecular weight excluding hydrogens is 370 g/mol. The molecule has 1 aromatic heterocycles. The Morgan fingerprint density at radius 1 is 1.23 bits per heavy atom. The maximum atomic E-state index is 13.0. The molecule has 26 heavy (non-hydrogen) atoms. The molecule has 5 nitrogen and oxygen atoms in total. The van der Waals surface area contributed by atoms with Crippen molar-refractivity contribution in [3.8, 4) is 5.69 Å². The minimum Gasteiger partial charge on any atom is -0.352 e. The van der Waals surface area contributed by atoms with E-state index in [-0.39, 0.29) is 17.2 Å². The lowest BCUT2D eigenvalue weighted by Gasteiger charge is -2.13. The van der Waals surface area contributed by atoms with Gasteiger partial charge in [-0.2, -0.15) is 0 Å². The van der Waals surface area contributed by atoms with Crippen LogP contribution in [0.15, 0.2) is 71.1 Å². The van der Waals surface area contributed by atoms with E-state index in [9.17, 15) is 9.59 Å². The summed E-state index contributed by atoms with van der Waals surface area (Å²) in [5, 5.41) is 4.25. The van der Waals surface area contributed by atoms with Gasteiger partial charge in [-0.3, -0.25) is 14.2 Å². The van der Waals surface area contributed by atoms with Gasteiger partial charge in [0.2, 0.25) is 5.91 Å². The molecule has 0 saturated carbocycles. The van der Waals surface area contributed by atoms with Crippen LogP contribution in [-0.2, 0) is 4.79 Å². The number of fused-ring (bicyclic) bond motifs is 1. The number of hydrogen-bond acceptors (Lipinski definition) is 4. The molecule has 1 N–H and O–H groups in total. The zero-order chi connectivity index (χ0) is 18.5. The van der Waals surface area contributed by atoms with E-state index >= 15 is 0 Å². The number of para-hydroxylation sites is 1. The van der Waals surface area contributed by atoms with E-state index in [1.165, 1.54) is 16.3 Å². The lowest BCUT2D eigenvalue weighted by atomic mass is 10.2. The highest BCUT2D eigenvalue weighted by Crippen LogP contribution is 2.22. The predicted octanol–water partition coefficient (Wildman–Crippen LogP) is 3.43. The highest BCUT2D eigenvalue weighted by Gasteiger charge is 2.14. The van der Waals surface area contributed by atoms with Crippen molar-refractivity contribution in [3.63, 3.8) is 0 Å². The standard InChI is InChI=1S/C19H16ClN3O2S/c1-2-11-21-17(24)12-26-19-22-16-6-4-3-5-15(16)18(25)23(19)14-9-7-13(20)8-10-14/h2-10H,1,11-12H2,(H,21,24). The number of aromatic nitrogens is 2. The highest BCUT2D eigenvalue weighted by atomic mass is 35.5. The topological polar surface area (TPSA) is 64.0 Å². The predicted molar refractivity (Wildman–Crippen MR) is 106 cm³/mol. The van der Waals surface area contributed by atoms with E-state index in [4.69, 9.17) is 11.6 Å².